The Hall–Kier alpha value is -2.92. The summed E-state index contributed by atoms with van der Waals surface area (Å²) in [5, 5.41) is 0.511. The Labute approximate surface area is 162 Å². The number of rotatable bonds is 5. The highest BCUT2D eigenvalue weighted by atomic mass is 35.5. The maximum absolute atomic E-state index is 13.0. The van der Waals surface area contributed by atoms with E-state index in [0.29, 0.717) is 16.3 Å². The SMILES string of the molecule is C=CCN(C(=O)c1ccc(C)cc1)C1CC(=O)N(c2ccc(Cl)cc2)C1=O. The summed E-state index contributed by atoms with van der Waals surface area (Å²) in [6.07, 6.45) is 1.49. The molecule has 1 unspecified atom stereocenters. The smallest absolute Gasteiger partial charge is 0.257 e. The van der Waals surface area contributed by atoms with Crippen LogP contribution in [0.15, 0.2) is 61.2 Å². The van der Waals surface area contributed by atoms with Crippen LogP contribution in [0, 0.1) is 6.92 Å². The number of hydrogen-bond acceptors (Lipinski definition) is 3. The Morgan fingerprint density at radius 3 is 2.41 bits per heavy atom. The Kier molecular flexibility index (Phi) is 5.42. The zero-order valence-corrected chi connectivity index (χ0v) is 15.6. The minimum absolute atomic E-state index is 0.0626. The van der Waals surface area contributed by atoms with Crippen LogP contribution in [-0.4, -0.2) is 35.2 Å². The van der Waals surface area contributed by atoms with Crippen molar-refractivity contribution in [2.45, 2.75) is 19.4 Å². The summed E-state index contributed by atoms with van der Waals surface area (Å²) in [5.41, 5.74) is 1.94. The molecule has 1 fully saturated rings. The average Bonchev–Trinajstić information content (AvgIpc) is 2.95. The van der Waals surface area contributed by atoms with Crippen LogP contribution in [0.2, 0.25) is 5.02 Å². The molecule has 27 heavy (non-hydrogen) atoms. The number of carbonyl (C=O) groups excluding carboxylic acids is 3. The highest BCUT2D eigenvalue weighted by Crippen LogP contribution is 2.27. The Balaban J connectivity index is 1.89. The molecule has 1 saturated heterocycles. The second-order valence-corrected chi connectivity index (χ2v) is 6.81. The lowest BCUT2D eigenvalue weighted by Gasteiger charge is -2.26. The Bertz CT molecular complexity index is 891. The number of nitrogens with zero attached hydrogens (tertiary/aromatic N) is 2. The summed E-state index contributed by atoms with van der Waals surface area (Å²) in [5.74, 6) is -1.08. The number of aryl methyl sites for hydroxylation is 1. The number of imide groups is 1. The molecule has 0 N–H and O–H groups in total. The van der Waals surface area contributed by atoms with E-state index in [-0.39, 0.29) is 24.8 Å². The molecule has 2 aromatic carbocycles. The molecule has 1 aliphatic heterocycles. The lowest BCUT2D eigenvalue weighted by atomic mass is 10.1. The third kappa shape index (κ3) is 3.78. The molecule has 0 aliphatic carbocycles. The van der Waals surface area contributed by atoms with Crippen LogP contribution in [0.25, 0.3) is 0 Å². The van der Waals surface area contributed by atoms with Gasteiger partial charge in [-0.05, 0) is 43.3 Å². The number of carbonyl (C=O) groups is 3. The maximum Gasteiger partial charge on any atom is 0.257 e. The first-order valence-electron chi connectivity index (χ1n) is 8.53. The standard InChI is InChI=1S/C21H19ClN2O3/c1-3-12-23(20(26)15-6-4-14(2)5-7-15)18-13-19(25)24(21(18)27)17-10-8-16(22)9-11-17/h3-11,18H,1,12-13H2,2H3. The number of halogens is 1. The number of benzene rings is 2. The molecular weight excluding hydrogens is 364 g/mol. The van der Waals surface area contributed by atoms with Crippen LogP contribution in [0.5, 0.6) is 0 Å². The largest absolute Gasteiger partial charge is 0.322 e. The van der Waals surface area contributed by atoms with E-state index < -0.39 is 11.9 Å². The molecule has 6 heteroatoms. The summed E-state index contributed by atoms with van der Waals surface area (Å²) >= 11 is 5.88. The van der Waals surface area contributed by atoms with Crippen molar-refractivity contribution in [1.82, 2.24) is 4.90 Å². The van der Waals surface area contributed by atoms with Gasteiger partial charge in [-0.2, -0.15) is 0 Å². The third-order valence-electron chi connectivity index (χ3n) is 4.47. The van der Waals surface area contributed by atoms with Gasteiger partial charge in [0, 0.05) is 17.1 Å². The molecule has 0 radical (unpaired) electrons. The second kappa shape index (κ2) is 7.76. The van der Waals surface area contributed by atoms with Crippen LogP contribution < -0.4 is 4.90 Å². The molecule has 1 atom stereocenters. The van der Waals surface area contributed by atoms with E-state index >= 15 is 0 Å². The topological polar surface area (TPSA) is 57.7 Å². The van der Waals surface area contributed by atoms with Gasteiger partial charge in [0.25, 0.3) is 11.8 Å². The number of anilines is 1. The van der Waals surface area contributed by atoms with Crippen molar-refractivity contribution < 1.29 is 14.4 Å². The highest BCUT2D eigenvalue weighted by molar-refractivity contribution is 6.31. The predicted octanol–water partition coefficient (Wildman–Crippen LogP) is 3.61. The van der Waals surface area contributed by atoms with Gasteiger partial charge < -0.3 is 4.90 Å². The summed E-state index contributed by atoms with van der Waals surface area (Å²) in [4.78, 5) is 40.9. The fourth-order valence-corrected chi connectivity index (χ4v) is 3.20. The maximum atomic E-state index is 13.0. The lowest BCUT2D eigenvalue weighted by molar-refractivity contribution is -0.122. The summed E-state index contributed by atoms with van der Waals surface area (Å²) < 4.78 is 0. The van der Waals surface area contributed by atoms with Crippen molar-refractivity contribution in [3.8, 4) is 0 Å². The van der Waals surface area contributed by atoms with Crippen molar-refractivity contribution in [1.29, 1.82) is 0 Å². The monoisotopic (exact) mass is 382 g/mol. The molecule has 0 bridgehead atoms. The molecule has 3 amide bonds. The lowest BCUT2D eigenvalue weighted by Crippen LogP contribution is -2.45. The van der Waals surface area contributed by atoms with E-state index in [1.54, 1.807) is 42.5 Å². The number of amides is 3. The first kappa shape index (κ1) is 18.9. The number of hydrogen-bond donors (Lipinski definition) is 0. The fourth-order valence-electron chi connectivity index (χ4n) is 3.07. The van der Waals surface area contributed by atoms with Crippen molar-refractivity contribution in [2.24, 2.45) is 0 Å². The first-order valence-corrected chi connectivity index (χ1v) is 8.91. The molecule has 0 aromatic heterocycles. The van der Waals surface area contributed by atoms with Gasteiger partial charge in [0.1, 0.15) is 6.04 Å². The van der Waals surface area contributed by atoms with E-state index in [2.05, 4.69) is 6.58 Å². The Morgan fingerprint density at radius 2 is 1.81 bits per heavy atom. The molecule has 5 nitrogen and oxygen atoms in total. The van der Waals surface area contributed by atoms with E-state index in [1.165, 1.54) is 4.90 Å². The average molecular weight is 383 g/mol. The van der Waals surface area contributed by atoms with E-state index in [0.717, 1.165) is 10.5 Å². The van der Waals surface area contributed by atoms with Crippen molar-refractivity contribution >= 4 is 35.0 Å². The highest BCUT2D eigenvalue weighted by Gasteiger charge is 2.44. The van der Waals surface area contributed by atoms with Gasteiger partial charge in [0.05, 0.1) is 12.1 Å². The van der Waals surface area contributed by atoms with Crippen LogP contribution in [-0.2, 0) is 9.59 Å². The first-order chi connectivity index (χ1) is 12.9. The van der Waals surface area contributed by atoms with Crippen LogP contribution >= 0.6 is 11.6 Å². The fraction of sp³-hybridized carbons (Fsp3) is 0.190. The van der Waals surface area contributed by atoms with Gasteiger partial charge in [0.2, 0.25) is 5.91 Å². The predicted molar refractivity (Wildman–Crippen MR) is 105 cm³/mol. The molecule has 3 rings (SSSR count). The quantitative estimate of drug-likeness (QED) is 0.586. The van der Waals surface area contributed by atoms with Crippen LogP contribution in [0.1, 0.15) is 22.3 Å². The van der Waals surface area contributed by atoms with E-state index in [1.807, 2.05) is 19.1 Å². The molecule has 2 aromatic rings. The molecular formula is C21H19ClN2O3. The third-order valence-corrected chi connectivity index (χ3v) is 4.72. The molecule has 138 valence electrons. The van der Waals surface area contributed by atoms with Crippen molar-refractivity contribution in [3.63, 3.8) is 0 Å². The van der Waals surface area contributed by atoms with E-state index in [4.69, 9.17) is 11.6 Å². The molecule has 1 heterocycles. The van der Waals surface area contributed by atoms with Gasteiger partial charge in [-0.25, -0.2) is 4.90 Å². The van der Waals surface area contributed by atoms with Gasteiger partial charge in [0.15, 0.2) is 0 Å². The van der Waals surface area contributed by atoms with Gasteiger partial charge >= 0.3 is 0 Å². The minimum atomic E-state index is -0.861. The Morgan fingerprint density at radius 1 is 1.19 bits per heavy atom. The van der Waals surface area contributed by atoms with E-state index in [9.17, 15) is 14.4 Å². The zero-order chi connectivity index (χ0) is 19.6. The van der Waals surface area contributed by atoms with Gasteiger partial charge in [-0.15, -0.1) is 6.58 Å². The summed E-state index contributed by atoms with van der Waals surface area (Å²) in [6.45, 7) is 5.78. The minimum Gasteiger partial charge on any atom is -0.322 e. The van der Waals surface area contributed by atoms with Crippen LogP contribution in [0.3, 0.4) is 0 Å². The zero-order valence-electron chi connectivity index (χ0n) is 14.9. The molecule has 0 saturated carbocycles. The van der Waals surface area contributed by atoms with Gasteiger partial charge in [-0.3, -0.25) is 14.4 Å². The molecule has 0 spiro atoms. The van der Waals surface area contributed by atoms with Crippen LogP contribution in [0.4, 0.5) is 5.69 Å². The van der Waals surface area contributed by atoms with Crippen molar-refractivity contribution in [3.05, 3.63) is 77.3 Å². The summed E-state index contributed by atoms with van der Waals surface area (Å²) in [7, 11) is 0. The normalized spacial score (nSPS) is 16.5. The summed E-state index contributed by atoms with van der Waals surface area (Å²) in [6, 6.07) is 12.7. The molecule has 1 aliphatic rings. The van der Waals surface area contributed by atoms with Gasteiger partial charge in [-0.1, -0.05) is 35.4 Å². The van der Waals surface area contributed by atoms with Crippen molar-refractivity contribution in [2.75, 3.05) is 11.4 Å². The second-order valence-electron chi connectivity index (χ2n) is 6.38.